The monoisotopic (exact) mass is 331 g/mol. The van der Waals surface area contributed by atoms with Crippen molar-refractivity contribution in [2.75, 3.05) is 0 Å². The highest BCUT2D eigenvalue weighted by Gasteiger charge is 2.61. The van der Waals surface area contributed by atoms with E-state index >= 15 is 0 Å². The first-order valence-corrected chi connectivity index (χ1v) is 7.97. The molecule has 0 radical (unpaired) electrons. The van der Waals surface area contributed by atoms with Crippen LogP contribution in [-0.4, -0.2) is 27.7 Å². The first-order chi connectivity index (χ1) is 9.74. The van der Waals surface area contributed by atoms with Crippen molar-refractivity contribution in [1.29, 1.82) is 0 Å². The van der Waals surface area contributed by atoms with Gasteiger partial charge in [-0.05, 0) is 68.1 Å². The number of hydrogen-bond acceptors (Lipinski definition) is 3. The van der Waals surface area contributed by atoms with E-state index in [1.54, 1.807) is 0 Å². The summed E-state index contributed by atoms with van der Waals surface area (Å²) >= 11 is 0. The van der Waals surface area contributed by atoms with Crippen molar-refractivity contribution in [2.45, 2.75) is 69.7 Å². The molecule has 4 rings (SSSR count). The fourth-order valence-corrected chi connectivity index (χ4v) is 6.23. The number of aliphatic carboxylic acids is 2. The molecule has 4 saturated carbocycles. The summed E-state index contributed by atoms with van der Waals surface area (Å²) in [7, 11) is 0. The van der Waals surface area contributed by atoms with Crippen molar-refractivity contribution < 1.29 is 19.8 Å². The van der Waals surface area contributed by atoms with Crippen molar-refractivity contribution in [3.05, 3.63) is 0 Å². The number of halogens is 1. The highest BCUT2D eigenvalue weighted by molar-refractivity contribution is 5.85. The summed E-state index contributed by atoms with van der Waals surface area (Å²) in [4.78, 5) is 21.9. The fourth-order valence-electron chi connectivity index (χ4n) is 6.23. The average Bonchev–Trinajstić information content (AvgIpc) is 2.31. The van der Waals surface area contributed by atoms with E-state index in [0.29, 0.717) is 18.8 Å². The molecular formula is C16H26ClNO4. The largest absolute Gasteiger partial charge is 0.481 e. The molecule has 4 N–H and O–H groups in total. The van der Waals surface area contributed by atoms with E-state index in [9.17, 15) is 9.59 Å². The molecule has 4 atom stereocenters. The topological polar surface area (TPSA) is 101 Å². The maximum Gasteiger partial charge on any atom is 0.303 e. The molecule has 0 heterocycles. The van der Waals surface area contributed by atoms with Gasteiger partial charge in [0.1, 0.15) is 0 Å². The van der Waals surface area contributed by atoms with Crippen LogP contribution in [0.3, 0.4) is 0 Å². The van der Waals surface area contributed by atoms with Crippen LogP contribution in [0.1, 0.15) is 64.2 Å². The van der Waals surface area contributed by atoms with Crippen LogP contribution >= 0.6 is 12.4 Å². The van der Waals surface area contributed by atoms with Gasteiger partial charge in [0.05, 0.1) is 0 Å². The van der Waals surface area contributed by atoms with Crippen LogP contribution in [0.15, 0.2) is 0 Å². The first-order valence-electron chi connectivity index (χ1n) is 7.97. The number of carbonyl (C=O) groups is 2. The molecule has 4 aliphatic carbocycles. The van der Waals surface area contributed by atoms with Crippen LogP contribution in [0.4, 0.5) is 0 Å². The van der Waals surface area contributed by atoms with Gasteiger partial charge in [-0.3, -0.25) is 9.59 Å². The molecule has 2 unspecified atom stereocenters. The molecule has 4 fully saturated rings. The molecule has 22 heavy (non-hydrogen) atoms. The van der Waals surface area contributed by atoms with E-state index in [1.165, 1.54) is 0 Å². The van der Waals surface area contributed by atoms with Crippen LogP contribution in [-0.2, 0) is 9.59 Å². The predicted octanol–water partition coefficient (Wildman–Crippen LogP) is 2.81. The Kier molecular flexibility index (Phi) is 4.53. The maximum atomic E-state index is 11.0. The summed E-state index contributed by atoms with van der Waals surface area (Å²) in [6, 6.07) is 0. The minimum atomic E-state index is -0.739. The molecule has 0 aliphatic heterocycles. The third-order valence-corrected chi connectivity index (χ3v) is 6.08. The number of carboxylic acids is 2. The lowest BCUT2D eigenvalue weighted by atomic mass is 9.40. The molecule has 4 bridgehead atoms. The van der Waals surface area contributed by atoms with Gasteiger partial charge in [-0.1, -0.05) is 0 Å². The fraction of sp³-hybridized carbons (Fsp3) is 0.875. The SMILES string of the molecule is Cl.NC12CC3C[C@@](CCC(=O)O)(C1)C[C@](CCC(=O)O)(C3)C2. The third kappa shape index (κ3) is 3.25. The van der Waals surface area contributed by atoms with Gasteiger partial charge in [-0.15, -0.1) is 12.4 Å². The molecule has 0 amide bonds. The molecule has 126 valence electrons. The van der Waals surface area contributed by atoms with E-state index in [2.05, 4.69) is 0 Å². The Morgan fingerprint density at radius 2 is 1.36 bits per heavy atom. The molecule has 5 nitrogen and oxygen atoms in total. The highest BCUT2D eigenvalue weighted by atomic mass is 35.5. The van der Waals surface area contributed by atoms with Crippen molar-refractivity contribution >= 4 is 24.3 Å². The van der Waals surface area contributed by atoms with Crippen LogP contribution in [0.5, 0.6) is 0 Å². The third-order valence-electron chi connectivity index (χ3n) is 6.08. The van der Waals surface area contributed by atoms with Gasteiger partial charge in [-0.25, -0.2) is 0 Å². The van der Waals surface area contributed by atoms with Crippen LogP contribution < -0.4 is 5.73 Å². The predicted molar refractivity (Wildman–Crippen MR) is 84.0 cm³/mol. The van der Waals surface area contributed by atoms with E-state index in [0.717, 1.165) is 38.5 Å². The van der Waals surface area contributed by atoms with E-state index in [1.807, 2.05) is 0 Å². The summed E-state index contributed by atoms with van der Waals surface area (Å²) in [5, 5.41) is 18.0. The Morgan fingerprint density at radius 3 is 1.73 bits per heavy atom. The van der Waals surface area contributed by atoms with E-state index < -0.39 is 11.9 Å². The minimum absolute atomic E-state index is 0. The maximum absolute atomic E-state index is 11.0. The Bertz CT molecular complexity index is 447. The minimum Gasteiger partial charge on any atom is -0.481 e. The standard InChI is InChI=1S/C16H25NO4.ClH/c17-16-7-11-5-14(9-16,3-1-12(18)19)8-15(6-11,10-16)4-2-13(20)21;/h11H,1-10,17H2,(H,18,19)(H,20,21);1H/t11?,14-,15+,16?;. The molecule has 0 aromatic rings. The summed E-state index contributed by atoms with van der Waals surface area (Å²) in [6.45, 7) is 0. The van der Waals surface area contributed by atoms with Crippen molar-refractivity contribution in [3.8, 4) is 0 Å². The lowest BCUT2D eigenvalue weighted by Crippen LogP contribution is -2.63. The van der Waals surface area contributed by atoms with Crippen molar-refractivity contribution in [3.63, 3.8) is 0 Å². The molecule has 6 heteroatoms. The zero-order valence-electron chi connectivity index (χ0n) is 12.8. The normalized spacial score (nSPS) is 42.0. The van der Waals surface area contributed by atoms with Gasteiger partial charge in [0.15, 0.2) is 0 Å². The van der Waals surface area contributed by atoms with Crippen LogP contribution in [0, 0.1) is 16.7 Å². The van der Waals surface area contributed by atoms with Gasteiger partial charge in [-0.2, -0.15) is 0 Å². The second kappa shape index (κ2) is 5.68. The highest BCUT2D eigenvalue weighted by Crippen LogP contribution is 2.68. The van der Waals surface area contributed by atoms with Gasteiger partial charge in [0, 0.05) is 18.4 Å². The number of carboxylic acid groups (broad SMARTS) is 2. The average molecular weight is 332 g/mol. The zero-order valence-corrected chi connectivity index (χ0v) is 13.7. The number of hydrogen-bond donors (Lipinski definition) is 3. The molecule has 0 aromatic heterocycles. The number of nitrogens with two attached hydrogens (primary N) is 1. The van der Waals surface area contributed by atoms with Gasteiger partial charge >= 0.3 is 11.9 Å². The summed E-state index contributed by atoms with van der Waals surface area (Å²) in [6.07, 6.45) is 7.88. The lowest BCUT2D eigenvalue weighted by molar-refractivity contribution is -0.149. The Balaban J connectivity index is 0.00000176. The zero-order chi connectivity index (χ0) is 15.3. The van der Waals surface area contributed by atoms with Gasteiger partial charge in [0.25, 0.3) is 0 Å². The molecular weight excluding hydrogens is 306 g/mol. The molecule has 0 aromatic carbocycles. The van der Waals surface area contributed by atoms with E-state index in [4.69, 9.17) is 15.9 Å². The second-order valence-corrected chi connectivity index (χ2v) is 8.16. The summed E-state index contributed by atoms with van der Waals surface area (Å²) in [5.41, 5.74) is 6.52. The Morgan fingerprint density at radius 1 is 0.909 bits per heavy atom. The second-order valence-electron chi connectivity index (χ2n) is 8.16. The summed E-state index contributed by atoms with van der Waals surface area (Å²) in [5.74, 6) is -0.915. The quantitative estimate of drug-likeness (QED) is 0.694. The van der Waals surface area contributed by atoms with Crippen molar-refractivity contribution in [1.82, 2.24) is 0 Å². The smallest absolute Gasteiger partial charge is 0.303 e. The first kappa shape index (κ1) is 17.5. The van der Waals surface area contributed by atoms with Crippen LogP contribution in [0.25, 0.3) is 0 Å². The summed E-state index contributed by atoms with van der Waals surface area (Å²) < 4.78 is 0. The number of rotatable bonds is 6. The Hall–Kier alpha value is -0.810. The lowest BCUT2D eigenvalue weighted by Gasteiger charge is -2.66. The Labute approximate surface area is 137 Å². The molecule has 0 spiro atoms. The van der Waals surface area contributed by atoms with Gasteiger partial charge < -0.3 is 15.9 Å². The molecule has 0 saturated heterocycles. The van der Waals surface area contributed by atoms with E-state index in [-0.39, 0.29) is 41.6 Å². The molecule has 4 aliphatic rings. The van der Waals surface area contributed by atoms with Crippen LogP contribution in [0.2, 0.25) is 0 Å². The van der Waals surface area contributed by atoms with Gasteiger partial charge in [0.2, 0.25) is 0 Å². The van der Waals surface area contributed by atoms with Crippen molar-refractivity contribution in [2.24, 2.45) is 22.5 Å².